The summed E-state index contributed by atoms with van der Waals surface area (Å²) < 4.78 is 38.6. The van der Waals surface area contributed by atoms with Crippen LogP contribution in [0.3, 0.4) is 0 Å². The zero-order chi connectivity index (χ0) is 16.2. The second-order valence-electron chi connectivity index (χ2n) is 5.71. The maximum atomic E-state index is 12.9. The van der Waals surface area contributed by atoms with Crippen molar-refractivity contribution in [3.63, 3.8) is 0 Å². The number of piperidine rings is 1. The predicted octanol–water partition coefficient (Wildman–Crippen LogP) is 4.20. The van der Waals surface area contributed by atoms with Crippen LogP contribution in [0.15, 0.2) is 24.3 Å². The Bertz CT molecular complexity index is 510. The van der Waals surface area contributed by atoms with E-state index in [1.165, 1.54) is 23.9 Å². The average Bonchev–Trinajstić information content (AvgIpc) is 2.47. The van der Waals surface area contributed by atoms with Crippen molar-refractivity contribution < 1.29 is 18.0 Å². The van der Waals surface area contributed by atoms with E-state index in [1.54, 1.807) is 6.07 Å². The van der Waals surface area contributed by atoms with E-state index in [4.69, 9.17) is 0 Å². The number of hydrogen-bond donors (Lipinski definition) is 0. The number of carbonyl (C=O) groups excluding carboxylic acids is 1. The normalized spacial score (nSPS) is 16.8. The fourth-order valence-electron chi connectivity index (χ4n) is 2.52. The minimum Gasteiger partial charge on any atom is -0.342 e. The first-order chi connectivity index (χ1) is 10.4. The molecule has 0 bridgehead atoms. The fraction of sp³-hybridized carbons (Fsp3) is 0.562. The number of hydrogen-bond acceptors (Lipinski definition) is 2. The highest BCUT2D eigenvalue weighted by Crippen LogP contribution is 2.33. The Balaban J connectivity index is 1.85. The van der Waals surface area contributed by atoms with Crippen molar-refractivity contribution in [2.75, 3.05) is 18.8 Å². The molecule has 1 saturated heterocycles. The summed E-state index contributed by atoms with van der Waals surface area (Å²) in [4.78, 5) is 13.9. The molecule has 2 nitrogen and oxygen atoms in total. The average molecular weight is 331 g/mol. The lowest BCUT2D eigenvalue weighted by Crippen LogP contribution is -2.38. The Kier molecular flexibility index (Phi) is 5.78. The van der Waals surface area contributed by atoms with Crippen molar-refractivity contribution in [3.05, 3.63) is 35.4 Å². The number of halogens is 3. The molecule has 0 saturated carbocycles. The number of carbonyl (C=O) groups is 1. The van der Waals surface area contributed by atoms with Crippen LogP contribution in [0.5, 0.6) is 0 Å². The van der Waals surface area contributed by atoms with Gasteiger partial charge in [0.1, 0.15) is 0 Å². The van der Waals surface area contributed by atoms with Gasteiger partial charge in [-0.25, -0.2) is 0 Å². The van der Waals surface area contributed by atoms with Crippen molar-refractivity contribution in [1.29, 1.82) is 0 Å². The van der Waals surface area contributed by atoms with E-state index in [9.17, 15) is 18.0 Å². The number of likely N-dealkylation sites (tertiary alicyclic amines) is 1. The summed E-state index contributed by atoms with van der Waals surface area (Å²) in [6.45, 7) is 3.70. The standard InChI is InChI=1S/C16H20F3NOS/c1-12-6-8-20(9-7-12)15(21)11-22-10-13-4-2-3-5-14(13)16(17,18)19/h2-5,12H,6-11H2,1H3. The molecule has 1 aliphatic heterocycles. The van der Waals surface area contributed by atoms with Crippen molar-refractivity contribution in [1.82, 2.24) is 4.90 Å². The van der Waals surface area contributed by atoms with Gasteiger partial charge in [0, 0.05) is 18.8 Å². The van der Waals surface area contributed by atoms with Crippen LogP contribution in [0.25, 0.3) is 0 Å². The molecule has 1 aromatic carbocycles. The zero-order valence-electron chi connectivity index (χ0n) is 12.5. The number of nitrogens with zero attached hydrogens (tertiary/aromatic N) is 1. The lowest BCUT2D eigenvalue weighted by Gasteiger charge is -2.30. The highest BCUT2D eigenvalue weighted by molar-refractivity contribution is 7.99. The van der Waals surface area contributed by atoms with E-state index in [0.29, 0.717) is 5.92 Å². The molecular formula is C16H20F3NOS. The lowest BCUT2D eigenvalue weighted by atomic mass is 9.99. The van der Waals surface area contributed by atoms with Crippen LogP contribution >= 0.6 is 11.8 Å². The van der Waals surface area contributed by atoms with E-state index in [2.05, 4.69) is 6.92 Å². The second kappa shape index (κ2) is 7.40. The minimum atomic E-state index is -4.34. The smallest absolute Gasteiger partial charge is 0.342 e. The Morgan fingerprint density at radius 3 is 2.55 bits per heavy atom. The topological polar surface area (TPSA) is 20.3 Å². The molecule has 1 aliphatic rings. The van der Waals surface area contributed by atoms with Gasteiger partial charge in [-0.05, 0) is 30.4 Å². The molecule has 0 aromatic heterocycles. The third-order valence-electron chi connectivity index (χ3n) is 3.94. The van der Waals surface area contributed by atoms with Crippen LogP contribution in [0.4, 0.5) is 13.2 Å². The minimum absolute atomic E-state index is 0.0291. The van der Waals surface area contributed by atoms with Gasteiger partial charge < -0.3 is 4.90 Å². The van der Waals surface area contributed by atoms with Gasteiger partial charge in [0.25, 0.3) is 0 Å². The van der Waals surface area contributed by atoms with Gasteiger partial charge >= 0.3 is 6.18 Å². The molecule has 1 heterocycles. The van der Waals surface area contributed by atoms with Gasteiger partial charge in [-0.1, -0.05) is 25.1 Å². The summed E-state index contributed by atoms with van der Waals surface area (Å²) in [5, 5.41) is 0. The molecule has 2 rings (SSSR count). The van der Waals surface area contributed by atoms with Crippen LogP contribution in [-0.4, -0.2) is 29.6 Å². The molecule has 1 aromatic rings. The Morgan fingerprint density at radius 2 is 1.91 bits per heavy atom. The van der Waals surface area contributed by atoms with Crippen LogP contribution < -0.4 is 0 Å². The molecule has 6 heteroatoms. The largest absolute Gasteiger partial charge is 0.416 e. The van der Waals surface area contributed by atoms with Crippen LogP contribution in [0.2, 0.25) is 0 Å². The van der Waals surface area contributed by atoms with Crippen molar-refractivity contribution >= 4 is 17.7 Å². The maximum absolute atomic E-state index is 12.9. The number of thioether (sulfide) groups is 1. The fourth-order valence-corrected chi connectivity index (χ4v) is 3.45. The van der Waals surface area contributed by atoms with Gasteiger partial charge in [0.2, 0.25) is 5.91 Å². The van der Waals surface area contributed by atoms with Crippen LogP contribution in [-0.2, 0) is 16.7 Å². The van der Waals surface area contributed by atoms with Crippen molar-refractivity contribution in [3.8, 4) is 0 Å². The van der Waals surface area contributed by atoms with E-state index >= 15 is 0 Å². The number of benzene rings is 1. The van der Waals surface area contributed by atoms with E-state index in [1.807, 2.05) is 4.90 Å². The lowest BCUT2D eigenvalue weighted by molar-refractivity contribution is -0.138. The van der Waals surface area contributed by atoms with Gasteiger partial charge in [0.15, 0.2) is 0 Å². The summed E-state index contributed by atoms with van der Waals surface area (Å²) >= 11 is 1.25. The van der Waals surface area contributed by atoms with E-state index < -0.39 is 11.7 Å². The van der Waals surface area contributed by atoms with Gasteiger partial charge in [0.05, 0.1) is 11.3 Å². The van der Waals surface area contributed by atoms with Crippen LogP contribution in [0, 0.1) is 5.92 Å². The molecule has 0 atom stereocenters. The van der Waals surface area contributed by atoms with Gasteiger partial charge in [-0.2, -0.15) is 13.2 Å². The number of amides is 1. The molecule has 0 unspecified atom stereocenters. The first-order valence-electron chi connectivity index (χ1n) is 7.38. The summed E-state index contributed by atoms with van der Waals surface area (Å²) in [6.07, 6.45) is -2.33. The molecular weight excluding hydrogens is 311 g/mol. The third-order valence-corrected chi connectivity index (χ3v) is 4.91. The van der Waals surface area contributed by atoms with Gasteiger partial charge in [-0.3, -0.25) is 4.79 Å². The van der Waals surface area contributed by atoms with Crippen molar-refractivity contribution in [2.24, 2.45) is 5.92 Å². The summed E-state index contributed by atoms with van der Waals surface area (Å²) in [7, 11) is 0. The van der Waals surface area contributed by atoms with E-state index in [-0.39, 0.29) is 23.0 Å². The maximum Gasteiger partial charge on any atom is 0.416 e. The molecule has 0 spiro atoms. The first-order valence-corrected chi connectivity index (χ1v) is 8.54. The molecule has 0 N–H and O–H groups in total. The third kappa shape index (κ3) is 4.66. The van der Waals surface area contributed by atoms with Gasteiger partial charge in [-0.15, -0.1) is 11.8 Å². The predicted molar refractivity (Wildman–Crippen MR) is 82.6 cm³/mol. The van der Waals surface area contributed by atoms with Crippen molar-refractivity contribution in [2.45, 2.75) is 31.7 Å². The molecule has 1 fully saturated rings. The Morgan fingerprint density at radius 1 is 1.27 bits per heavy atom. The zero-order valence-corrected chi connectivity index (χ0v) is 13.3. The molecule has 22 heavy (non-hydrogen) atoms. The molecule has 1 amide bonds. The molecule has 0 aliphatic carbocycles. The summed E-state index contributed by atoms with van der Waals surface area (Å²) in [6, 6.07) is 5.54. The summed E-state index contributed by atoms with van der Waals surface area (Å²) in [5.74, 6) is 1.11. The van der Waals surface area contributed by atoms with E-state index in [0.717, 1.165) is 32.0 Å². The quantitative estimate of drug-likeness (QED) is 0.824. The Labute approximate surface area is 133 Å². The number of rotatable bonds is 4. The number of alkyl halides is 3. The van der Waals surface area contributed by atoms with Crippen LogP contribution in [0.1, 0.15) is 30.9 Å². The second-order valence-corrected chi connectivity index (χ2v) is 6.70. The monoisotopic (exact) mass is 331 g/mol. The summed E-state index contributed by atoms with van der Waals surface area (Å²) in [5.41, 5.74) is -0.373. The molecule has 122 valence electrons. The highest BCUT2D eigenvalue weighted by atomic mass is 32.2. The molecule has 0 radical (unpaired) electrons. The SMILES string of the molecule is CC1CCN(C(=O)CSCc2ccccc2C(F)(F)F)CC1. The Hall–Kier alpha value is -1.17. The first kappa shape index (κ1) is 17.2. The highest BCUT2D eigenvalue weighted by Gasteiger charge is 2.32.